The lowest BCUT2D eigenvalue weighted by atomic mass is 9.84. The number of amides is 2. The average Bonchev–Trinajstić information content (AvgIpc) is 2.64. The zero-order valence-electron chi connectivity index (χ0n) is 15.7. The van der Waals surface area contributed by atoms with Crippen molar-refractivity contribution in [2.24, 2.45) is 5.73 Å². The van der Waals surface area contributed by atoms with Crippen LogP contribution in [-0.2, 0) is 10.2 Å². The number of primary amides is 1. The van der Waals surface area contributed by atoms with Crippen LogP contribution < -0.4 is 11.1 Å². The van der Waals surface area contributed by atoms with Crippen LogP contribution in [0.25, 0.3) is 0 Å². The molecule has 0 aliphatic rings. The Morgan fingerprint density at radius 2 is 1.83 bits per heavy atom. The Morgan fingerprint density at radius 3 is 2.38 bits per heavy atom. The van der Waals surface area contributed by atoms with E-state index in [0.29, 0.717) is 10.0 Å². The Morgan fingerprint density at radius 1 is 1.21 bits per heavy atom. The summed E-state index contributed by atoms with van der Waals surface area (Å²) < 4.78 is 0. The van der Waals surface area contributed by atoms with Crippen molar-refractivity contribution in [1.29, 1.82) is 0 Å². The highest BCUT2D eigenvalue weighted by Gasteiger charge is 2.27. The normalized spacial score (nSPS) is 11.2. The molecule has 0 saturated carbocycles. The van der Waals surface area contributed by atoms with Crippen molar-refractivity contribution in [3.8, 4) is 0 Å². The Labute approximate surface area is 182 Å². The third kappa shape index (κ3) is 5.85. The van der Waals surface area contributed by atoms with Gasteiger partial charge in [0.05, 0.1) is 15.6 Å². The zero-order chi connectivity index (χ0) is 21.8. The molecular formula is C19H19Cl2N3O4S. The lowest BCUT2D eigenvalue weighted by Crippen LogP contribution is -2.37. The van der Waals surface area contributed by atoms with Gasteiger partial charge in [0.15, 0.2) is 0 Å². The number of nitrogens with zero attached hydrogens (tertiary/aromatic N) is 1. The topological polar surface area (TPSA) is 115 Å². The van der Waals surface area contributed by atoms with E-state index in [1.54, 1.807) is 18.2 Å². The van der Waals surface area contributed by atoms with Gasteiger partial charge in [-0.25, -0.2) is 0 Å². The van der Waals surface area contributed by atoms with Crippen molar-refractivity contribution in [3.05, 3.63) is 67.7 Å². The Bertz CT molecular complexity index is 946. The van der Waals surface area contributed by atoms with Gasteiger partial charge >= 0.3 is 0 Å². The van der Waals surface area contributed by atoms with Crippen molar-refractivity contribution < 1.29 is 14.5 Å². The molecule has 7 nitrogen and oxygen atoms in total. The van der Waals surface area contributed by atoms with E-state index in [0.717, 1.165) is 23.4 Å². The number of hydrogen-bond acceptors (Lipinski definition) is 5. The maximum atomic E-state index is 12.3. The number of halogens is 2. The summed E-state index contributed by atoms with van der Waals surface area (Å²) in [6.07, 6.45) is 0. The third-order valence-electron chi connectivity index (χ3n) is 4.17. The summed E-state index contributed by atoms with van der Waals surface area (Å²) in [4.78, 5) is 34.4. The minimum Gasteiger partial charge on any atom is -0.366 e. The molecule has 0 unspecified atom stereocenters. The average molecular weight is 456 g/mol. The number of carbonyl (C=O) groups excluding carboxylic acids is 2. The number of thioether (sulfide) groups is 1. The van der Waals surface area contributed by atoms with Crippen LogP contribution in [0.3, 0.4) is 0 Å². The van der Waals surface area contributed by atoms with Gasteiger partial charge in [0.25, 0.3) is 5.69 Å². The molecule has 10 heteroatoms. The highest BCUT2D eigenvalue weighted by molar-refractivity contribution is 8.00. The number of carbonyl (C=O) groups is 2. The first-order valence-electron chi connectivity index (χ1n) is 8.45. The molecule has 0 spiro atoms. The summed E-state index contributed by atoms with van der Waals surface area (Å²) in [5.74, 6) is -1.11. The summed E-state index contributed by atoms with van der Waals surface area (Å²) in [5, 5.41) is 15.1. The number of nitrogens with two attached hydrogens (primary N) is 1. The fourth-order valence-electron chi connectivity index (χ4n) is 2.68. The lowest BCUT2D eigenvalue weighted by Gasteiger charge is -2.27. The van der Waals surface area contributed by atoms with E-state index < -0.39 is 16.2 Å². The Balaban J connectivity index is 2.03. The smallest absolute Gasteiger partial charge is 0.283 e. The molecule has 0 saturated heterocycles. The van der Waals surface area contributed by atoms with Crippen molar-refractivity contribution in [2.45, 2.75) is 24.2 Å². The number of nitrogens with one attached hydrogen (secondary N) is 1. The first-order valence-corrected chi connectivity index (χ1v) is 10.2. The van der Waals surface area contributed by atoms with Gasteiger partial charge in [-0.1, -0.05) is 43.1 Å². The van der Waals surface area contributed by atoms with E-state index in [2.05, 4.69) is 5.32 Å². The molecule has 2 aromatic rings. The fraction of sp³-hybridized carbons (Fsp3) is 0.263. The zero-order valence-corrected chi connectivity index (χ0v) is 18.0. The highest BCUT2D eigenvalue weighted by Crippen LogP contribution is 2.35. The molecule has 29 heavy (non-hydrogen) atoms. The van der Waals surface area contributed by atoms with E-state index >= 15 is 0 Å². The molecule has 0 aliphatic carbocycles. The van der Waals surface area contributed by atoms with Crippen molar-refractivity contribution in [3.63, 3.8) is 0 Å². The predicted octanol–water partition coefficient (Wildman–Crippen LogP) is 4.19. The van der Waals surface area contributed by atoms with Crippen LogP contribution in [0, 0.1) is 10.1 Å². The minimum absolute atomic E-state index is 0.0314. The van der Waals surface area contributed by atoms with Gasteiger partial charge in [0.2, 0.25) is 11.8 Å². The van der Waals surface area contributed by atoms with Crippen LogP contribution in [0.1, 0.15) is 29.8 Å². The van der Waals surface area contributed by atoms with Crippen LogP contribution in [0.15, 0.2) is 41.3 Å². The third-order valence-corrected chi connectivity index (χ3v) is 5.86. The molecule has 0 fully saturated rings. The van der Waals surface area contributed by atoms with E-state index in [-0.39, 0.29) is 34.4 Å². The number of benzene rings is 2. The van der Waals surface area contributed by atoms with E-state index in [4.69, 9.17) is 28.9 Å². The molecule has 3 N–H and O–H groups in total. The SMILES string of the molecule is CC(C)(CNC(=O)CSc1ccc(C(N)=O)cc1[N+](=O)[O-])c1c(Cl)cccc1Cl. The summed E-state index contributed by atoms with van der Waals surface area (Å²) in [6.45, 7) is 4.08. The first kappa shape index (κ1) is 23.0. The van der Waals surface area contributed by atoms with E-state index in [1.165, 1.54) is 12.1 Å². The Hall–Kier alpha value is -2.29. The molecule has 2 amide bonds. The number of rotatable bonds is 8. The van der Waals surface area contributed by atoms with Crippen LogP contribution in [0.5, 0.6) is 0 Å². The largest absolute Gasteiger partial charge is 0.366 e. The Kier molecular flexibility index (Phi) is 7.51. The monoisotopic (exact) mass is 455 g/mol. The molecule has 0 aromatic heterocycles. The van der Waals surface area contributed by atoms with Crippen molar-refractivity contribution in [1.82, 2.24) is 5.32 Å². The van der Waals surface area contributed by atoms with Gasteiger partial charge in [0.1, 0.15) is 0 Å². The van der Waals surface area contributed by atoms with Crippen LogP contribution in [0.4, 0.5) is 5.69 Å². The summed E-state index contributed by atoms with van der Waals surface area (Å²) in [7, 11) is 0. The van der Waals surface area contributed by atoms with E-state index in [9.17, 15) is 19.7 Å². The van der Waals surface area contributed by atoms with Gasteiger partial charge in [-0.15, -0.1) is 11.8 Å². The van der Waals surface area contributed by atoms with Crippen LogP contribution in [0.2, 0.25) is 10.0 Å². The summed E-state index contributed by atoms with van der Waals surface area (Å²) >= 11 is 13.5. The predicted molar refractivity (Wildman–Crippen MR) is 115 cm³/mol. The van der Waals surface area contributed by atoms with Gasteiger partial charge in [-0.3, -0.25) is 19.7 Å². The molecular weight excluding hydrogens is 437 g/mol. The van der Waals surface area contributed by atoms with Crippen molar-refractivity contribution in [2.75, 3.05) is 12.3 Å². The quantitative estimate of drug-likeness (QED) is 0.351. The maximum Gasteiger partial charge on any atom is 0.283 e. The lowest BCUT2D eigenvalue weighted by molar-refractivity contribution is -0.387. The van der Waals surface area contributed by atoms with Crippen LogP contribution >= 0.6 is 35.0 Å². The van der Waals surface area contributed by atoms with Crippen LogP contribution in [-0.4, -0.2) is 29.0 Å². The van der Waals surface area contributed by atoms with Gasteiger partial charge in [-0.2, -0.15) is 0 Å². The van der Waals surface area contributed by atoms with E-state index in [1.807, 2.05) is 13.8 Å². The summed E-state index contributed by atoms with van der Waals surface area (Å²) in [5.41, 5.74) is 5.12. The minimum atomic E-state index is -0.761. The van der Waals surface area contributed by atoms with Gasteiger partial charge < -0.3 is 11.1 Å². The summed E-state index contributed by atoms with van der Waals surface area (Å²) in [6, 6.07) is 9.11. The first-order chi connectivity index (χ1) is 13.5. The molecule has 154 valence electrons. The van der Waals surface area contributed by atoms with Gasteiger partial charge in [0, 0.05) is 33.6 Å². The molecule has 2 aromatic carbocycles. The molecule has 2 rings (SSSR count). The second-order valence-electron chi connectivity index (χ2n) is 6.85. The van der Waals surface area contributed by atoms with Gasteiger partial charge in [-0.05, 0) is 29.8 Å². The molecule has 0 radical (unpaired) electrons. The molecule has 0 bridgehead atoms. The molecule has 0 aliphatic heterocycles. The molecule has 0 atom stereocenters. The number of hydrogen-bond donors (Lipinski definition) is 2. The second kappa shape index (κ2) is 9.47. The number of nitro benzene ring substituents is 1. The highest BCUT2D eigenvalue weighted by atomic mass is 35.5. The standard InChI is InChI=1S/C19H19Cl2N3O4S/c1-19(2,17-12(20)4-3-5-13(17)21)10-23-16(25)9-29-15-7-6-11(18(22)26)8-14(15)24(27)28/h3-8H,9-10H2,1-2H3,(H2,22,26)(H,23,25). The number of nitro groups is 1. The van der Waals surface area contributed by atoms with Crippen molar-refractivity contribution >= 4 is 52.5 Å². The fourth-order valence-corrected chi connectivity index (χ4v) is 4.43. The second-order valence-corrected chi connectivity index (χ2v) is 8.68. The maximum absolute atomic E-state index is 12.3. The molecule has 0 heterocycles.